The van der Waals surface area contributed by atoms with Crippen molar-refractivity contribution >= 4 is 10.8 Å². The maximum atomic E-state index is 2.50. The van der Waals surface area contributed by atoms with Gasteiger partial charge in [0.2, 0.25) is 0 Å². The largest absolute Gasteiger partial charge is 0.0683 e. The predicted octanol–water partition coefficient (Wildman–Crippen LogP) is 27.6. The SMILES string of the molecule is CC.CC.CC.CC.CCC(c1ccccc1)c1ccc(C)cc1-c1ccccc1C.Cc1ccc(-c2ccccc2)cc1.Cc1ccc(C(c2ccc(-c3ccccc3)cc2)C(C)c2cccc3c(C)cccc23)cc1-c1ccccc1CCCCc1ccccc1. The molecule has 0 aliphatic rings. The molecule has 12 aromatic rings. The van der Waals surface area contributed by atoms with Gasteiger partial charge in [0, 0.05) is 11.8 Å². The van der Waals surface area contributed by atoms with E-state index in [0.717, 1.165) is 19.3 Å². The molecule has 0 heteroatoms. The van der Waals surface area contributed by atoms with E-state index in [1.807, 2.05) is 61.5 Å². The van der Waals surface area contributed by atoms with E-state index in [2.05, 4.69) is 334 Å². The van der Waals surface area contributed by atoms with Crippen LogP contribution < -0.4 is 0 Å². The van der Waals surface area contributed by atoms with Gasteiger partial charge >= 0.3 is 0 Å². The van der Waals surface area contributed by atoms with E-state index in [4.69, 9.17) is 0 Å². The van der Waals surface area contributed by atoms with Crippen molar-refractivity contribution in [1.29, 1.82) is 0 Å². The molecule has 3 unspecified atom stereocenters. The zero-order chi connectivity index (χ0) is 66.9. The van der Waals surface area contributed by atoms with E-state index in [1.54, 1.807) is 0 Å². The number of hydrogen-bond acceptors (Lipinski definition) is 0. The van der Waals surface area contributed by atoms with Crippen LogP contribution in [0.2, 0.25) is 0 Å². The second kappa shape index (κ2) is 39.3. The normalized spacial score (nSPS) is 11.3. The summed E-state index contributed by atoms with van der Waals surface area (Å²) in [5.74, 6) is 0.886. The van der Waals surface area contributed by atoms with Crippen molar-refractivity contribution < 1.29 is 0 Å². The lowest BCUT2D eigenvalue weighted by atomic mass is 9.75. The smallest absolute Gasteiger partial charge is 0.0156 e. The molecule has 93 heavy (non-hydrogen) atoms. The van der Waals surface area contributed by atoms with Gasteiger partial charge in [-0.1, -0.05) is 372 Å². The lowest BCUT2D eigenvalue weighted by molar-refractivity contribution is 0.662. The Labute approximate surface area is 563 Å². The highest BCUT2D eigenvalue weighted by Crippen LogP contribution is 2.44. The molecular formula is C93H106. The van der Waals surface area contributed by atoms with Crippen LogP contribution in [0.25, 0.3) is 55.3 Å². The molecule has 0 saturated carbocycles. The standard InChI is InChI=1S/C49H46.C23H24.C13H12.4C2H6/c1-35-16-14-27-47-44(35)25-15-26-45(47)37(3)49(42-32-30-40(31-33-42)39-20-8-5-9-21-39)43-29-28-36(2)48(34-43)46-24-13-12-23-41(46)22-11-10-19-38-17-6-4-7-18-38;1-4-20(19-11-6-5-7-12-19)22-15-14-17(2)16-23(22)21-13-9-8-10-18(21)3;1-11-7-9-13(10-8-11)12-5-3-2-4-6-12;4*1-2/h4-9,12-18,20-21,23-34,37,49H,10-11,19,22H2,1-3H3;5-16,20H,4H2,1-3H3;2-10H,1H3;4*1-2H3. The number of benzene rings is 12. The van der Waals surface area contributed by atoms with E-state index in [9.17, 15) is 0 Å². The molecule has 0 heterocycles. The van der Waals surface area contributed by atoms with Gasteiger partial charge < -0.3 is 0 Å². The van der Waals surface area contributed by atoms with Crippen molar-refractivity contribution in [1.82, 2.24) is 0 Å². The van der Waals surface area contributed by atoms with Crippen molar-refractivity contribution in [2.24, 2.45) is 0 Å². The quantitative estimate of drug-likeness (QED) is 0.0846. The maximum absolute atomic E-state index is 2.50. The van der Waals surface area contributed by atoms with E-state index in [0.29, 0.717) is 5.92 Å². The highest BCUT2D eigenvalue weighted by atomic mass is 14.3. The zero-order valence-corrected chi connectivity index (χ0v) is 59.0. The van der Waals surface area contributed by atoms with Gasteiger partial charge in [-0.3, -0.25) is 0 Å². The Balaban J connectivity index is 0.000000256. The molecule has 0 spiro atoms. The van der Waals surface area contributed by atoms with Crippen molar-refractivity contribution in [3.63, 3.8) is 0 Å². The van der Waals surface area contributed by atoms with Crippen LogP contribution in [0.3, 0.4) is 0 Å². The molecule has 0 amide bonds. The summed E-state index contributed by atoms with van der Waals surface area (Å²) < 4.78 is 0. The molecule has 0 fully saturated rings. The summed E-state index contributed by atoms with van der Waals surface area (Å²) in [7, 11) is 0. The van der Waals surface area contributed by atoms with Gasteiger partial charge in [0.05, 0.1) is 0 Å². The average Bonchev–Trinajstić information content (AvgIpc) is 0.858. The summed E-state index contributed by atoms with van der Waals surface area (Å²) in [6.45, 7) is 31.7. The highest BCUT2D eigenvalue weighted by Gasteiger charge is 2.26. The molecule has 3 atom stereocenters. The lowest BCUT2D eigenvalue weighted by Crippen LogP contribution is -2.11. The minimum atomic E-state index is 0.188. The Morgan fingerprint density at radius 2 is 0.753 bits per heavy atom. The molecule has 0 aliphatic carbocycles. The number of fused-ring (bicyclic) bond motifs is 1. The minimum Gasteiger partial charge on any atom is -0.0683 e. The molecule has 12 rings (SSSR count). The van der Waals surface area contributed by atoms with Gasteiger partial charge in [0.15, 0.2) is 0 Å². The number of rotatable bonds is 16. The fraction of sp³-hybridized carbons (Fsp3) is 0.247. The summed E-state index contributed by atoms with van der Waals surface area (Å²) in [6.07, 6.45) is 5.70. The monoisotopic (exact) mass is 1220 g/mol. The molecular weight excluding hydrogens is 1120 g/mol. The third kappa shape index (κ3) is 20.2. The number of aryl methyl sites for hydroxylation is 7. The summed E-state index contributed by atoms with van der Waals surface area (Å²) in [4.78, 5) is 0. The number of unbranched alkanes of at least 4 members (excludes halogenated alkanes) is 1. The van der Waals surface area contributed by atoms with Crippen LogP contribution in [0.1, 0.15) is 173 Å². The van der Waals surface area contributed by atoms with Crippen LogP contribution in [0.5, 0.6) is 0 Å². The Kier molecular flexibility index (Phi) is 30.9. The van der Waals surface area contributed by atoms with E-state index in [-0.39, 0.29) is 11.8 Å². The van der Waals surface area contributed by atoms with Gasteiger partial charge in [-0.2, -0.15) is 0 Å². The van der Waals surface area contributed by atoms with E-state index >= 15 is 0 Å². The van der Waals surface area contributed by atoms with E-state index < -0.39 is 0 Å². The Morgan fingerprint density at radius 1 is 0.290 bits per heavy atom. The average molecular weight is 1220 g/mol. The molecule has 0 aromatic heterocycles. The molecule has 0 aliphatic heterocycles. The van der Waals surface area contributed by atoms with Crippen molar-refractivity contribution in [3.8, 4) is 44.5 Å². The van der Waals surface area contributed by atoms with Crippen LogP contribution >= 0.6 is 0 Å². The molecule has 0 bridgehead atoms. The molecule has 478 valence electrons. The fourth-order valence-corrected chi connectivity index (χ4v) is 12.5. The van der Waals surface area contributed by atoms with Gasteiger partial charge in [-0.05, 0) is 184 Å². The third-order valence-corrected chi connectivity index (χ3v) is 17.3. The molecule has 0 nitrogen and oxygen atoms in total. The maximum Gasteiger partial charge on any atom is 0.0156 e. The number of hydrogen-bond donors (Lipinski definition) is 0. The van der Waals surface area contributed by atoms with Crippen molar-refractivity contribution in [3.05, 3.63) is 358 Å². The first kappa shape index (κ1) is 73.0. The Morgan fingerprint density at radius 3 is 1.35 bits per heavy atom. The molecule has 12 aromatic carbocycles. The highest BCUT2D eigenvalue weighted by molar-refractivity contribution is 5.89. The summed E-state index contributed by atoms with van der Waals surface area (Å²) in [6, 6.07) is 106. The first-order valence-corrected chi connectivity index (χ1v) is 34.8. The summed E-state index contributed by atoms with van der Waals surface area (Å²) >= 11 is 0. The van der Waals surface area contributed by atoms with Crippen LogP contribution in [0, 0.1) is 34.6 Å². The fourth-order valence-electron chi connectivity index (χ4n) is 12.5. The van der Waals surface area contributed by atoms with Crippen LogP contribution in [-0.2, 0) is 12.8 Å². The molecule has 0 saturated heterocycles. The Hall–Kier alpha value is -9.10. The van der Waals surface area contributed by atoms with Crippen LogP contribution in [0.4, 0.5) is 0 Å². The molecule has 0 radical (unpaired) electrons. The minimum absolute atomic E-state index is 0.188. The summed E-state index contributed by atoms with van der Waals surface area (Å²) in [5.41, 5.74) is 26.9. The zero-order valence-electron chi connectivity index (χ0n) is 59.0. The first-order chi connectivity index (χ1) is 45.6. The Bertz CT molecular complexity index is 4020. The van der Waals surface area contributed by atoms with Gasteiger partial charge in [0.25, 0.3) is 0 Å². The van der Waals surface area contributed by atoms with Gasteiger partial charge in [-0.25, -0.2) is 0 Å². The first-order valence-electron chi connectivity index (χ1n) is 34.8. The second-order valence-corrected chi connectivity index (χ2v) is 23.2. The third-order valence-electron chi connectivity index (χ3n) is 17.3. The predicted molar refractivity (Wildman–Crippen MR) is 412 cm³/mol. The lowest BCUT2D eigenvalue weighted by Gasteiger charge is -2.28. The molecule has 0 N–H and O–H groups in total. The van der Waals surface area contributed by atoms with Crippen LogP contribution in [0.15, 0.2) is 291 Å². The summed E-state index contributed by atoms with van der Waals surface area (Å²) in [5, 5.41) is 2.70. The van der Waals surface area contributed by atoms with Crippen molar-refractivity contribution in [2.45, 2.75) is 154 Å². The van der Waals surface area contributed by atoms with E-state index in [1.165, 1.54) is 135 Å². The van der Waals surface area contributed by atoms with Gasteiger partial charge in [-0.15, -0.1) is 0 Å². The second-order valence-electron chi connectivity index (χ2n) is 23.2. The topological polar surface area (TPSA) is 0 Å². The van der Waals surface area contributed by atoms with Crippen LogP contribution in [-0.4, -0.2) is 0 Å². The van der Waals surface area contributed by atoms with Crippen molar-refractivity contribution in [2.75, 3.05) is 0 Å². The van der Waals surface area contributed by atoms with Gasteiger partial charge in [0.1, 0.15) is 0 Å².